The van der Waals surface area contributed by atoms with Crippen LogP contribution in [0.4, 0.5) is 0 Å². The lowest BCUT2D eigenvalue weighted by Crippen LogP contribution is -2.04. The van der Waals surface area contributed by atoms with Gasteiger partial charge in [-0.1, -0.05) is 0 Å². The van der Waals surface area contributed by atoms with Crippen LogP contribution in [0.3, 0.4) is 0 Å². The Morgan fingerprint density at radius 1 is 0.800 bits per heavy atom. The van der Waals surface area contributed by atoms with E-state index >= 15 is 0 Å². The van der Waals surface area contributed by atoms with E-state index in [1.807, 2.05) is 48.5 Å². The molecule has 11 heteroatoms. The third-order valence-corrected chi connectivity index (χ3v) is 7.57. The van der Waals surface area contributed by atoms with Gasteiger partial charge in [0.15, 0.2) is 33.1 Å². The Balaban J connectivity index is 1.44. The van der Waals surface area contributed by atoms with E-state index in [9.17, 15) is 0 Å². The summed E-state index contributed by atoms with van der Waals surface area (Å²) in [5.41, 5.74) is 1.74. The number of allylic oxidation sites excluding steroid dienone is 2. The summed E-state index contributed by atoms with van der Waals surface area (Å²) in [5.74, 6) is 2.51. The van der Waals surface area contributed by atoms with Gasteiger partial charge in [0.05, 0.1) is 36.7 Å². The van der Waals surface area contributed by atoms with Gasteiger partial charge < -0.3 is 13.4 Å². The number of hydrogen-bond acceptors (Lipinski definition) is 8. The lowest BCUT2D eigenvalue weighted by Gasteiger charge is -2.15. The molecule has 9 nitrogen and oxygen atoms in total. The molecule has 0 aliphatic rings. The molecule has 0 fully saturated rings. The number of nitrogens with zero attached hydrogens (tertiary/aromatic N) is 7. The molecule has 192 valence electrons. The molecule has 0 spiro atoms. The van der Waals surface area contributed by atoms with Crippen molar-refractivity contribution >= 4 is 34.8 Å². The predicted molar refractivity (Wildman–Crippen MR) is 153 cm³/mol. The second-order valence-electron chi connectivity index (χ2n) is 8.54. The predicted octanol–water partition coefficient (Wildman–Crippen LogP) is 8.40. The number of nitriles is 2. The van der Waals surface area contributed by atoms with E-state index in [0.717, 1.165) is 11.4 Å². The van der Waals surface area contributed by atoms with E-state index in [1.165, 1.54) is 34.8 Å². The van der Waals surface area contributed by atoms with Crippen molar-refractivity contribution in [2.75, 3.05) is 0 Å². The van der Waals surface area contributed by atoms with Crippen LogP contribution in [-0.4, -0.2) is 14.5 Å². The standard InChI is InChI=1S/C29H17N7O2S2/c1-17(2)36-22(24-7-9-26(37-24)28-34-15-20(39-28)11-18(13-30)32-3)5-6-23(36)25-8-10-27(38-25)29-35-16-21(40-29)12-19(14-31)33-4/h5-12,15-17H,1-2H3/b18-11-,19-12+. The molecule has 5 aromatic rings. The topological polar surface area (TPSA) is 113 Å². The van der Waals surface area contributed by atoms with Crippen molar-refractivity contribution in [2.24, 2.45) is 0 Å². The number of thiazole rings is 2. The van der Waals surface area contributed by atoms with Crippen LogP contribution in [0.5, 0.6) is 0 Å². The smallest absolute Gasteiger partial charge is 0.263 e. The van der Waals surface area contributed by atoms with Crippen molar-refractivity contribution in [2.45, 2.75) is 19.9 Å². The average molecular weight is 560 g/mol. The maximum atomic E-state index is 9.00. The number of aromatic nitrogens is 3. The van der Waals surface area contributed by atoms with Gasteiger partial charge in [-0.05, 0) is 62.4 Å². The van der Waals surface area contributed by atoms with Crippen molar-refractivity contribution in [3.05, 3.63) is 92.8 Å². The average Bonchev–Trinajstić information content (AvgIpc) is 3.78. The van der Waals surface area contributed by atoms with Crippen molar-refractivity contribution in [1.82, 2.24) is 14.5 Å². The fourth-order valence-electron chi connectivity index (χ4n) is 3.97. The van der Waals surface area contributed by atoms with E-state index in [0.29, 0.717) is 42.8 Å². The third kappa shape index (κ3) is 5.12. The monoisotopic (exact) mass is 559 g/mol. The number of furan rings is 2. The summed E-state index contributed by atoms with van der Waals surface area (Å²) in [5, 5.41) is 19.3. The van der Waals surface area contributed by atoms with Crippen LogP contribution in [0.2, 0.25) is 0 Å². The minimum Gasteiger partial charge on any atom is -0.452 e. The van der Waals surface area contributed by atoms with E-state index in [1.54, 1.807) is 12.4 Å². The normalized spacial score (nSPS) is 11.7. The van der Waals surface area contributed by atoms with Gasteiger partial charge in [0, 0.05) is 28.2 Å². The fraction of sp³-hybridized carbons (Fsp3) is 0.103. The molecule has 0 aromatic carbocycles. The Hall–Kier alpha value is -5.46. The van der Waals surface area contributed by atoms with Crippen LogP contribution in [0.15, 0.2) is 69.0 Å². The third-order valence-electron chi connectivity index (χ3n) is 5.65. The van der Waals surface area contributed by atoms with Crippen LogP contribution in [0.1, 0.15) is 29.6 Å². The maximum Gasteiger partial charge on any atom is 0.263 e. The summed E-state index contributed by atoms with van der Waals surface area (Å²) >= 11 is 2.68. The van der Waals surface area contributed by atoms with E-state index < -0.39 is 0 Å². The highest BCUT2D eigenvalue weighted by Crippen LogP contribution is 2.38. The molecule has 0 bridgehead atoms. The van der Waals surface area contributed by atoms with Crippen LogP contribution < -0.4 is 0 Å². The summed E-state index contributed by atoms with van der Waals surface area (Å²) in [6, 6.07) is 15.2. The molecule has 5 rings (SSSR count). The number of rotatable bonds is 7. The second-order valence-corrected chi connectivity index (χ2v) is 10.7. The molecule has 0 atom stereocenters. The molecule has 0 saturated carbocycles. The zero-order chi connectivity index (χ0) is 28.2. The molecule has 0 radical (unpaired) electrons. The SMILES string of the molecule is [C-]#[N+]/C(C#N)=C\c1cnc(-c2ccc(-c3ccc(-c4ccc(-c5ncc(/C=C(\C#N)[N+]#[C-])s5)o4)n3C(C)C)o2)s1. The molecule has 0 saturated heterocycles. The summed E-state index contributed by atoms with van der Waals surface area (Å²) < 4.78 is 14.5. The molecule has 0 unspecified atom stereocenters. The van der Waals surface area contributed by atoms with Crippen LogP contribution in [0, 0.1) is 35.8 Å². The van der Waals surface area contributed by atoms with E-state index in [4.69, 9.17) is 32.5 Å². The lowest BCUT2D eigenvalue weighted by atomic mass is 10.3. The molecular weight excluding hydrogens is 543 g/mol. The van der Waals surface area contributed by atoms with Gasteiger partial charge in [0.25, 0.3) is 11.4 Å². The molecule has 0 aliphatic heterocycles. The first kappa shape index (κ1) is 26.2. The quantitative estimate of drug-likeness (QED) is 0.146. The Labute approximate surface area is 237 Å². The van der Waals surface area contributed by atoms with Crippen LogP contribution in [0.25, 0.3) is 66.3 Å². The van der Waals surface area contributed by atoms with Gasteiger partial charge in [0.2, 0.25) is 0 Å². The molecule has 0 amide bonds. The Bertz CT molecular complexity index is 1780. The fourth-order valence-corrected chi connectivity index (χ4v) is 5.60. The first-order chi connectivity index (χ1) is 19.4. The minimum absolute atomic E-state index is 0.000855. The Morgan fingerprint density at radius 3 is 1.60 bits per heavy atom. The lowest BCUT2D eigenvalue weighted by molar-refractivity contribution is 0.552. The number of hydrogen-bond donors (Lipinski definition) is 0. The van der Waals surface area contributed by atoms with E-state index in [2.05, 4.69) is 38.1 Å². The van der Waals surface area contributed by atoms with Crippen LogP contribution in [-0.2, 0) is 0 Å². The molecule has 0 N–H and O–H groups in total. The van der Waals surface area contributed by atoms with Gasteiger partial charge in [-0.3, -0.25) is 0 Å². The molecule has 0 aliphatic carbocycles. The summed E-state index contributed by atoms with van der Waals surface area (Å²) in [6.45, 7) is 18.2. The van der Waals surface area contributed by atoms with Gasteiger partial charge in [-0.2, -0.15) is 0 Å². The van der Waals surface area contributed by atoms with E-state index in [-0.39, 0.29) is 17.4 Å². The molecule has 5 aromatic heterocycles. The van der Waals surface area contributed by atoms with Crippen molar-refractivity contribution in [1.29, 1.82) is 10.5 Å². The highest BCUT2D eigenvalue weighted by Gasteiger charge is 2.20. The first-order valence-corrected chi connectivity index (χ1v) is 13.4. The molecular formula is C29H17N7O2S2. The largest absolute Gasteiger partial charge is 0.452 e. The summed E-state index contributed by atoms with van der Waals surface area (Å²) in [6.07, 6.45) is 6.24. The minimum atomic E-state index is -0.000855. The Morgan fingerprint density at radius 2 is 1.23 bits per heavy atom. The highest BCUT2D eigenvalue weighted by atomic mass is 32.1. The summed E-state index contributed by atoms with van der Waals surface area (Å²) in [4.78, 5) is 16.5. The van der Waals surface area contributed by atoms with Crippen molar-refractivity contribution in [3.8, 4) is 56.6 Å². The van der Waals surface area contributed by atoms with Crippen LogP contribution >= 0.6 is 22.7 Å². The van der Waals surface area contributed by atoms with Gasteiger partial charge in [-0.15, -0.1) is 22.7 Å². The Kier molecular flexibility index (Phi) is 7.27. The summed E-state index contributed by atoms with van der Waals surface area (Å²) in [7, 11) is 0. The van der Waals surface area contributed by atoms with Gasteiger partial charge in [0.1, 0.15) is 0 Å². The zero-order valence-corrected chi connectivity index (χ0v) is 22.7. The first-order valence-electron chi connectivity index (χ1n) is 11.8. The second kappa shape index (κ2) is 11.1. The van der Waals surface area contributed by atoms with Crippen molar-refractivity contribution < 1.29 is 8.83 Å². The molecule has 40 heavy (non-hydrogen) atoms. The zero-order valence-electron chi connectivity index (χ0n) is 21.1. The van der Waals surface area contributed by atoms with Gasteiger partial charge >= 0.3 is 0 Å². The van der Waals surface area contributed by atoms with Gasteiger partial charge in [-0.25, -0.2) is 30.2 Å². The highest BCUT2D eigenvalue weighted by molar-refractivity contribution is 7.16. The molecule has 5 heterocycles. The van der Waals surface area contributed by atoms with Crippen molar-refractivity contribution in [3.63, 3.8) is 0 Å². The maximum absolute atomic E-state index is 9.00.